The van der Waals surface area contributed by atoms with Gasteiger partial charge in [-0.3, -0.25) is 0 Å². The van der Waals surface area contributed by atoms with Crippen LogP contribution in [0.1, 0.15) is 5.56 Å². The van der Waals surface area contributed by atoms with E-state index in [0.717, 1.165) is 24.3 Å². The van der Waals surface area contributed by atoms with Gasteiger partial charge in [-0.05, 0) is 5.56 Å². The van der Waals surface area contributed by atoms with Crippen LogP contribution in [0, 0.1) is 5.92 Å². The van der Waals surface area contributed by atoms with Crippen molar-refractivity contribution in [3.05, 3.63) is 41.7 Å². The number of carboxylic acids is 1. The molecular weight excluding hydrogens is 309 g/mol. The van der Waals surface area contributed by atoms with Crippen LogP contribution in [0.2, 0.25) is 0 Å². The Balaban J connectivity index is 3.56. The molecule has 1 aromatic carbocycles. The molecule has 116 valence electrons. The summed E-state index contributed by atoms with van der Waals surface area (Å²) < 4.78 is 88.1. The van der Waals surface area contributed by atoms with Gasteiger partial charge in [-0.2, -0.15) is 26.3 Å². The van der Waals surface area contributed by atoms with E-state index in [1.54, 1.807) is 0 Å². The zero-order chi connectivity index (χ0) is 16.4. The predicted molar refractivity (Wildman–Crippen MR) is 55.1 cm³/mol. The van der Waals surface area contributed by atoms with Gasteiger partial charge in [0, 0.05) is 5.57 Å². The standard InChI is InChI=1S/C12H7F7O2/c13-8(9(11(14,15)16)12(17,18)19)7(10(20)21)6-4-2-1-3-5-6/h1-5,9H,(H,20,21)/p-1. The molecule has 0 radical (unpaired) electrons. The largest absolute Gasteiger partial charge is 0.545 e. The van der Waals surface area contributed by atoms with Crippen molar-refractivity contribution in [2.24, 2.45) is 5.92 Å². The first-order valence-corrected chi connectivity index (χ1v) is 5.26. The molecule has 0 bridgehead atoms. The van der Waals surface area contributed by atoms with E-state index < -0.39 is 41.2 Å². The Morgan fingerprint density at radius 1 is 0.952 bits per heavy atom. The number of alkyl halides is 6. The van der Waals surface area contributed by atoms with Crippen molar-refractivity contribution in [1.82, 2.24) is 0 Å². The number of carbonyl (C=O) groups excluding carboxylic acids is 1. The second-order valence-electron chi connectivity index (χ2n) is 3.89. The van der Waals surface area contributed by atoms with Gasteiger partial charge in [0.1, 0.15) is 5.83 Å². The lowest BCUT2D eigenvalue weighted by Gasteiger charge is -2.24. The maximum absolute atomic E-state index is 13.7. The van der Waals surface area contributed by atoms with Crippen LogP contribution in [-0.4, -0.2) is 18.3 Å². The molecule has 9 heteroatoms. The third kappa shape index (κ3) is 3.96. The molecule has 0 N–H and O–H groups in total. The molecule has 0 atom stereocenters. The molecule has 1 aromatic rings. The molecule has 0 aliphatic heterocycles. The third-order valence-corrected chi connectivity index (χ3v) is 2.41. The number of hydrogen-bond acceptors (Lipinski definition) is 2. The first kappa shape index (κ1) is 17.0. The second-order valence-corrected chi connectivity index (χ2v) is 3.89. The van der Waals surface area contributed by atoms with Crippen LogP contribution in [0.5, 0.6) is 0 Å². The molecule has 0 aromatic heterocycles. The van der Waals surface area contributed by atoms with E-state index in [0.29, 0.717) is 0 Å². The summed E-state index contributed by atoms with van der Waals surface area (Å²) in [6.07, 6.45) is -12.1. The summed E-state index contributed by atoms with van der Waals surface area (Å²) in [7, 11) is 0. The number of allylic oxidation sites excluding steroid dienone is 1. The van der Waals surface area contributed by atoms with Gasteiger partial charge in [0.15, 0.2) is 0 Å². The van der Waals surface area contributed by atoms with E-state index in [4.69, 9.17) is 0 Å². The highest BCUT2D eigenvalue weighted by atomic mass is 19.4. The summed E-state index contributed by atoms with van der Waals surface area (Å²) in [5.74, 6) is -9.86. The summed E-state index contributed by atoms with van der Waals surface area (Å²) in [6.45, 7) is 0. The molecule has 0 fully saturated rings. The van der Waals surface area contributed by atoms with Crippen molar-refractivity contribution in [3.8, 4) is 0 Å². The molecular formula is C12H6F7O2-. The quantitative estimate of drug-likeness (QED) is 0.636. The van der Waals surface area contributed by atoms with E-state index in [1.807, 2.05) is 0 Å². The molecule has 0 unspecified atom stereocenters. The highest BCUT2D eigenvalue weighted by molar-refractivity contribution is 6.15. The normalized spacial score (nSPS) is 14.1. The van der Waals surface area contributed by atoms with Gasteiger partial charge in [0.2, 0.25) is 5.92 Å². The van der Waals surface area contributed by atoms with Crippen LogP contribution < -0.4 is 5.11 Å². The molecule has 0 saturated carbocycles. The molecule has 0 aliphatic rings. The van der Waals surface area contributed by atoms with Crippen molar-refractivity contribution in [3.63, 3.8) is 0 Å². The van der Waals surface area contributed by atoms with Gasteiger partial charge in [-0.1, -0.05) is 30.3 Å². The Morgan fingerprint density at radius 3 is 1.71 bits per heavy atom. The number of rotatable bonds is 3. The first-order valence-electron chi connectivity index (χ1n) is 5.26. The van der Waals surface area contributed by atoms with Crippen LogP contribution in [0.3, 0.4) is 0 Å². The topological polar surface area (TPSA) is 40.1 Å². The van der Waals surface area contributed by atoms with Gasteiger partial charge in [0.25, 0.3) is 0 Å². The first-order chi connectivity index (χ1) is 9.46. The average molecular weight is 315 g/mol. The average Bonchev–Trinajstić information content (AvgIpc) is 2.25. The summed E-state index contributed by atoms with van der Waals surface area (Å²) in [5, 5.41) is 10.8. The van der Waals surface area contributed by atoms with Crippen LogP contribution in [0.25, 0.3) is 5.57 Å². The maximum atomic E-state index is 13.7. The molecule has 0 heterocycles. The van der Waals surface area contributed by atoms with Crippen molar-refractivity contribution in [2.75, 3.05) is 0 Å². The number of hydrogen-bond donors (Lipinski definition) is 0. The highest BCUT2D eigenvalue weighted by Crippen LogP contribution is 2.46. The minimum atomic E-state index is -6.03. The van der Waals surface area contributed by atoms with Gasteiger partial charge in [-0.15, -0.1) is 0 Å². The lowest BCUT2D eigenvalue weighted by Crippen LogP contribution is -2.38. The lowest BCUT2D eigenvalue weighted by molar-refractivity contribution is -0.296. The predicted octanol–water partition coefficient (Wildman–Crippen LogP) is 2.86. The van der Waals surface area contributed by atoms with E-state index >= 15 is 0 Å². The van der Waals surface area contributed by atoms with Crippen molar-refractivity contribution in [2.45, 2.75) is 12.4 Å². The van der Waals surface area contributed by atoms with E-state index in [2.05, 4.69) is 0 Å². The summed E-state index contributed by atoms with van der Waals surface area (Å²) >= 11 is 0. The zero-order valence-corrected chi connectivity index (χ0v) is 9.93. The highest BCUT2D eigenvalue weighted by Gasteiger charge is 2.60. The minimum Gasteiger partial charge on any atom is -0.545 e. The lowest BCUT2D eigenvalue weighted by atomic mass is 9.97. The van der Waals surface area contributed by atoms with Gasteiger partial charge >= 0.3 is 12.4 Å². The molecule has 0 amide bonds. The molecule has 0 spiro atoms. The molecule has 0 aliphatic carbocycles. The van der Waals surface area contributed by atoms with Crippen molar-refractivity contribution < 1.29 is 40.6 Å². The van der Waals surface area contributed by atoms with E-state index in [-0.39, 0.29) is 0 Å². The fraction of sp³-hybridized carbons (Fsp3) is 0.250. The number of carbonyl (C=O) groups is 1. The van der Waals surface area contributed by atoms with Gasteiger partial charge in [-0.25, -0.2) is 4.39 Å². The Kier molecular flexibility index (Phi) is 4.65. The number of benzene rings is 1. The fourth-order valence-electron chi connectivity index (χ4n) is 1.58. The number of carboxylic acid groups (broad SMARTS) is 1. The van der Waals surface area contributed by atoms with Crippen LogP contribution >= 0.6 is 0 Å². The Hall–Kier alpha value is -2.06. The van der Waals surface area contributed by atoms with Gasteiger partial charge < -0.3 is 9.90 Å². The summed E-state index contributed by atoms with van der Waals surface area (Å²) in [6, 6.07) is 5.28. The number of halogens is 7. The maximum Gasteiger partial charge on any atom is 0.406 e. The van der Waals surface area contributed by atoms with Crippen molar-refractivity contribution in [1.29, 1.82) is 0 Å². The fourth-order valence-corrected chi connectivity index (χ4v) is 1.58. The molecule has 2 nitrogen and oxygen atoms in total. The van der Waals surface area contributed by atoms with Crippen molar-refractivity contribution >= 4 is 11.5 Å². The molecule has 21 heavy (non-hydrogen) atoms. The monoisotopic (exact) mass is 315 g/mol. The smallest absolute Gasteiger partial charge is 0.406 e. The Bertz CT molecular complexity index is 529. The van der Waals surface area contributed by atoms with Crippen LogP contribution in [-0.2, 0) is 4.79 Å². The second kappa shape index (κ2) is 5.74. The number of aliphatic carboxylic acids is 1. The van der Waals surface area contributed by atoms with Crippen LogP contribution in [0.15, 0.2) is 36.2 Å². The summed E-state index contributed by atoms with van der Waals surface area (Å²) in [5.41, 5.74) is -2.44. The van der Waals surface area contributed by atoms with Gasteiger partial charge in [0.05, 0.1) is 5.97 Å². The Morgan fingerprint density at radius 2 is 1.38 bits per heavy atom. The minimum absolute atomic E-state index is 0.659. The third-order valence-electron chi connectivity index (χ3n) is 2.41. The van der Waals surface area contributed by atoms with Crippen LogP contribution in [0.4, 0.5) is 30.7 Å². The SMILES string of the molecule is O=C([O-])C(=C(F)C(C(F)(F)F)C(F)(F)F)c1ccccc1. The molecule has 1 rings (SSSR count). The Labute approximate surface area is 113 Å². The zero-order valence-electron chi connectivity index (χ0n) is 9.93. The summed E-state index contributed by atoms with van der Waals surface area (Å²) in [4.78, 5) is 10.8. The van der Waals surface area contributed by atoms with E-state index in [1.165, 1.54) is 6.07 Å². The van der Waals surface area contributed by atoms with E-state index in [9.17, 15) is 40.6 Å². The molecule has 0 saturated heterocycles.